The van der Waals surface area contributed by atoms with Gasteiger partial charge in [0.1, 0.15) is 0 Å². The summed E-state index contributed by atoms with van der Waals surface area (Å²) in [5, 5.41) is 0. The van der Waals surface area contributed by atoms with Gasteiger partial charge in [-0.3, -0.25) is 0 Å². The lowest BCUT2D eigenvalue weighted by Gasteiger charge is -2.28. The molecular weight excluding hydrogens is 444 g/mol. The summed E-state index contributed by atoms with van der Waals surface area (Å²) in [6.45, 7) is 3.09. The van der Waals surface area contributed by atoms with Gasteiger partial charge in [-0.15, -0.1) is 0 Å². The number of ether oxygens (including phenoxy) is 1. The summed E-state index contributed by atoms with van der Waals surface area (Å²) in [5.74, 6) is 1.37. The van der Waals surface area contributed by atoms with Crippen LogP contribution in [-0.4, -0.2) is 70.5 Å². The zero-order valence-electron chi connectivity index (χ0n) is 17.9. The minimum atomic E-state index is -3.25. The number of sulfone groups is 1. The highest BCUT2D eigenvalue weighted by Gasteiger charge is 2.21. The van der Waals surface area contributed by atoms with Crippen molar-refractivity contribution in [3.05, 3.63) is 48.5 Å². The van der Waals surface area contributed by atoms with Crippen molar-refractivity contribution in [3.63, 3.8) is 0 Å². The van der Waals surface area contributed by atoms with Crippen LogP contribution in [0.15, 0.2) is 47.9 Å². The van der Waals surface area contributed by atoms with Gasteiger partial charge in [-0.2, -0.15) is 0 Å². The van der Waals surface area contributed by atoms with E-state index in [9.17, 15) is 8.42 Å². The van der Waals surface area contributed by atoms with E-state index in [-0.39, 0.29) is 10.8 Å². The zero-order valence-corrected chi connectivity index (χ0v) is 18.7. The van der Waals surface area contributed by atoms with E-state index in [0.717, 1.165) is 11.4 Å². The second-order valence-electron chi connectivity index (χ2n) is 7.76. The van der Waals surface area contributed by atoms with Gasteiger partial charge in [0.05, 0.1) is 36.5 Å². The highest BCUT2D eigenvalue weighted by atomic mass is 32.2. The third-order valence-corrected chi connectivity index (χ3v) is 6.52. The second kappa shape index (κ2) is 8.37. The van der Waals surface area contributed by atoms with Crippen molar-refractivity contribution < 1.29 is 13.2 Å². The molecular formula is C21H22N8O3S. The number of fused-ring (bicyclic) bond motifs is 1. The van der Waals surface area contributed by atoms with Crippen LogP contribution < -0.4 is 10.6 Å². The molecule has 0 radical (unpaired) electrons. The summed E-state index contributed by atoms with van der Waals surface area (Å²) >= 11 is 0. The van der Waals surface area contributed by atoms with Gasteiger partial charge in [0.25, 0.3) is 0 Å². The number of nitrogens with zero attached hydrogens (tertiary/aromatic N) is 7. The quantitative estimate of drug-likeness (QED) is 0.455. The number of aromatic nitrogens is 6. The van der Waals surface area contributed by atoms with E-state index in [1.165, 1.54) is 6.26 Å². The summed E-state index contributed by atoms with van der Waals surface area (Å²) in [6, 6.07) is 6.80. The number of benzene rings is 1. The van der Waals surface area contributed by atoms with Crippen molar-refractivity contribution >= 4 is 32.8 Å². The van der Waals surface area contributed by atoms with Crippen molar-refractivity contribution in [1.29, 1.82) is 0 Å². The lowest BCUT2D eigenvalue weighted by Crippen LogP contribution is -2.37. The molecule has 4 aromatic rings. The first-order chi connectivity index (χ1) is 15.9. The van der Waals surface area contributed by atoms with Crippen molar-refractivity contribution in [1.82, 2.24) is 29.5 Å². The van der Waals surface area contributed by atoms with Gasteiger partial charge in [-0.1, -0.05) is 12.1 Å². The SMILES string of the molecule is CS(=O)(=O)c1ccc(Cn2cnc3c(N4CCOCC4)nc(-c4cnc(N)nc4)nc32)cc1. The Morgan fingerprint density at radius 1 is 1.03 bits per heavy atom. The average Bonchev–Trinajstić information content (AvgIpc) is 3.22. The molecule has 1 aliphatic rings. The number of morpholine rings is 1. The van der Waals surface area contributed by atoms with Gasteiger partial charge in [0, 0.05) is 31.7 Å². The third-order valence-electron chi connectivity index (χ3n) is 5.39. The minimum absolute atomic E-state index is 0.177. The van der Waals surface area contributed by atoms with Crippen molar-refractivity contribution in [3.8, 4) is 11.4 Å². The Labute approximate surface area is 190 Å². The Morgan fingerprint density at radius 3 is 2.39 bits per heavy atom. The number of hydrogen-bond donors (Lipinski definition) is 1. The molecule has 1 fully saturated rings. The molecule has 3 aromatic heterocycles. The van der Waals surface area contributed by atoms with Crippen LogP contribution in [0, 0.1) is 0 Å². The largest absolute Gasteiger partial charge is 0.378 e. The summed E-state index contributed by atoms with van der Waals surface area (Å²) in [5.41, 5.74) is 8.55. The van der Waals surface area contributed by atoms with E-state index >= 15 is 0 Å². The standard InChI is InChI=1S/C21H22N8O3S/c1-33(30,31)16-4-2-14(3-5-16)12-29-13-25-17-19(28-6-8-32-9-7-28)26-18(27-20(17)29)15-10-23-21(22)24-11-15/h2-5,10-11,13H,6-9,12H2,1H3,(H2,22,23,24). The van der Waals surface area contributed by atoms with E-state index in [0.29, 0.717) is 55.4 Å². The number of nitrogens with two attached hydrogens (primary N) is 1. The summed E-state index contributed by atoms with van der Waals surface area (Å²) < 4.78 is 30.9. The molecule has 170 valence electrons. The lowest BCUT2D eigenvalue weighted by molar-refractivity contribution is 0.122. The molecule has 1 saturated heterocycles. The van der Waals surface area contributed by atoms with Crippen LogP contribution >= 0.6 is 0 Å². The first kappa shape index (κ1) is 21.2. The molecule has 33 heavy (non-hydrogen) atoms. The van der Waals surface area contributed by atoms with E-state index in [2.05, 4.69) is 19.9 Å². The van der Waals surface area contributed by atoms with Crippen LogP contribution in [0.5, 0.6) is 0 Å². The molecule has 0 atom stereocenters. The van der Waals surface area contributed by atoms with E-state index < -0.39 is 9.84 Å². The average molecular weight is 467 g/mol. The molecule has 11 nitrogen and oxygen atoms in total. The fourth-order valence-electron chi connectivity index (χ4n) is 3.66. The zero-order chi connectivity index (χ0) is 23.0. The summed E-state index contributed by atoms with van der Waals surface area (Å²) in [4.78, 5) is 24.7. The highest BCUT2D eigenvalue weighted by Crippen LogP contribution is 2.27. The normalized spacial score (nSPS) is 14.6. The number of hydrogen-bond acceptors (Lipinski definition) is 10. The Bertz CT molecular complexity index is 1400. The fraction of sp³-hybridized carbons (Fsp3) is 0.286. The Kier molecular flexibility index (Phi) is 5.38. The first-order valence-electron chi connectivity index (χ1n) is 10.3. The van der Waals surface area contributed by atoms with E-state index in [4.69, 9.17) is 20.4 Å². The van der Waals surface area contributed by atoms with Crippen molar-refractivity contribution in [2.24, 2.45) is 0 Å². The number of rotatable bonds is 5. The maximum absolute atomic E-state index is 11.8. The number of anilines is 2. The number of imidazole rings is 1. The molecule has 0 amide bonds. The van der Waals surface area contributed by atoms with Gasteiger partial charge in [-0.25, -0.2) is 33.3 Å². The number of nitrogen functional groups attached to an aromatic ring is 1. The van der Waals surface area contributed by atoms with Crippen molar-refractivity contribution in [2.45, 2.75) is 11.4 Å². The highest BCUT2D eigenvalue weighted by molar-refractivity contribution is 7.90. The van der Waals surface area contributed by atoms with Crippen LogP contribution in [0.2, 0.25) is 0 Å². The Balaban J connectivity index is 1.58. The van der Waals surface area contributed by atoms with Gasteiger partial charge in [-0.05, 0) is 17.7 Å². The molecule has 0 saturated carbocycles. The first-order valence-corrected chi connectivity index (χ1v) is 12.2. The van der Waals surface area contributed by atoms with E-state index in [1.54, 1.807) is 43.0 Å². The molecule has 0 unspecified atom stereocenters. The molecule has 1 aromatic carbocycles. The van der Waals surface area contributed by atoms with Crippen LogP contribution in [0.25, 0.3) is 22.6 Å². The predicted molar refractivity (Wildman–Crippen MR) is 122 cm³/mol. The molecule has 4 heterocycles. The predicted octanol–water partition coefficient (Wildman–Crippen LogP) is 1.15. The van der Waals surface area contributed by atoms with Crippen LogP contribution in [0.3, 0.4) is 0 Å². The minimum Gasteiger partial charge on any atom is -0.378 e. The molecule has 5 rings (SSSR count). The molecule has 0 spiro atoms. The lowest BCUT2D eigenvalue weighted by atomic mass is 10.2. The summed E-state index contributed by atoms with van der Waals surface area (Å²) in [6.07, 6.45) is 6.10. The topological polar surface area (TPSA) is 142 Å². The van der Waals surface area contributed by atoms with Gasteiger partial charge < -0.3 is 19.9 Å². The molecule has 0 aliphatic carbocycles. The van der Waals surface area contributed by atoms with Gasteiger partial charge >= 0.3 is 0 Å². The van der Waals surface area contributed by atoms with Crippen LogP contribution in [0.4, 0.5) is 11.8 Å². The molecule has 1 aliphatic heterocycles. The molecule has 0 bridgehead atoms. The van der Waals surface area contributed by atoms with Gasteiger partial charge in [0.15, 0.2) is 32.6 Å². The molecule has 2 N–H and O–H groups in total. The van der Waals surface area contributed by atoms with Crippen LogP contribution in [-0.2, 0) is 21.1 Å². The van der Waals surface area contributed by atoms with Crippen molar-refractivity contribution in [2.75, 3.05) is 43.2 Å². The maximum Gasteiger partial charge on any atom is 0.219 e. The monoisotopic (exact) mass is 466 g/mol. The van der Waals surface area contributed by atoms with Crippen LogP contribution in [0.1, 0.15) is 5.56 Å². The summed E-state index contributed by atoms with van der Waals surface area (Å²) in [7, 11) is -3.25. The smallest absolute Gasteiger partial charge is 0.219 e. The van der Waals surface area contributed by atoms with Gasteiger partial charge in [0.2, 0.25) is 5.95 Å². The van der Waals surface area contributed by atoms with E-state index in [1.807, 2.05) is 4.57 Å². The molecule has 12 heteroatoms. The maximum atomic E-state index is 11.8. The Hall–Kier alpha value is -3.64. The fourth-order valence-corrected chi connectivity index (χ4v) is 4.29. The third kappa shape index (κ3) is 4.34. The second-order valence-corrected chi connectivity index (χ2v) is 9.78. The Morgan fingerprint density at radius 2 is 1.73 bits per heavy atom.